The van der Waals surface area contributed by atoms with Crippen molar-refractivity contribution in [3.05, 3.63) is 64.2 Å². The smallest absolute Gasteiger partial charge is 0.318 e. The van der Waals surface area contributed by atoms with Gasteiger partial charge in [-0.1, -0.05) is 41.9 Å². The van der Waals surface area contributed by atoms with Crippen molar-refractivity contribution in [2.45, 2.75) is 50.1 Å². The number of nitrogens with zero attached hydrogens (tertiary/aromatic N) is 6. The second-order valence-electron chi connectivity index (χ2n) is 13.4. The van der Waals surface area contributed by atoms with Gasteiger partial charge in [-0.3, -0.25) is 9.80 Å². The highest BCUT2D eigenvalue weighted by Gasteiger charge is 2.45. The molecule has 5 heterocycles. The first kappa shape index (κ1) is 32.5. The van der Waals surface area contributed by atoms with Crippen molar-refractivity contribution < 1.29 is 21.9 Å². The van der Waals surface area contributed by atoms with Crippen LogP contribution >= 0.6 is 11.6 Å². The molecule has 0 bridgehead atoms. The standard InChI is InChI=1S/C34H41ClF2N6O3S/c1-40(18-20-47(44,45)19-6-14-41-22-34(36,37)23-41)31-26-11-17-42(29-10-3-8-25-7-2-9-27(35)30(25)29)21-28(26)38-32(39-31)46-24-33-12-4-15-43(33)16-5-13-33/h2-3,6-10,19H,4-5,11-18,20-24H2,1H3/b19-6+. The third kappa shape index (κ3) is 6.79. The monoisotopic (exact) mass is 686 g/mol. The number of benzene rings is 2. The van der Waals surface area contributed by atoms with Crippen LogP contribution in [0.3, 0.4) is 0 Å². The lowest BCUT2D eigenvalue weighted by Crippen LogP contribution is -2.55. The highest BCUT2D eigenvalue weighted by molar-refractivity contribution is 7.94. The van der Waals surface area contributed by atoms with Crippen LogP contribution in [0.1, 0.15) is 36.9 Å². The molecule has 252 valence electrons. The average Bonchev–Trinajstić information content (AvgIpc) is 3.62. The van der Waals surface area contributed by atoms with Crippen LogP contribution in [0.2, 0.25) is 5.02 Å². The first-order chi connectivity index (χ1) is 22.5. The lowest BCUT2D eigenvalue weighted by molar-refractivity contribution is -0.125. The van der Waals surface area contributed by atoms with Gasteiger partial charge in [-0.05, 0) is 62.7 Å². The maximum Gasteiger partial charge on any atom is 0.318 e. The average molecular weight is 687 g/mol. The van der Waals surface area contributed by atoms with Gasteiger partial charge in [0.05, 0.1) is 41.6 Å². The fourth-order valence-corrected chi connectivity index (χ4v) is 9.01. The van der Waals surface area contributed by atoms with Crippen LogP contribution in [-0.2, 0) is 22.8 Å². The highest BCUT2D eigenvalue weighted by Crippen LogP contribution is 2.40. The van der Waals surface area contributed by atoms with E-state index in [9.17, 15) is 17.2 Å². The lowest BCUT2D eigenvalue weighted by atomic mass is 9.95. The minimum absolute atomic E-state index is 0.0312. The van der Waals surface area contributed by atoms with Crippen LogP contribution in [0, 0.1) is 0 Å². The molecule has 47 heavy (non-hydrogen) atoms. The van der Waals surface area contributed by atoms with Crippen LogP contribution in [0.25, 0.3) is 10.8 Å². The number of fused-ring (bicyclic) bond motifs is 3. The third-order valence-electron chi connectivity index (χ3n) is 10.1. The maximum atomic E-state index is 13.1. The van der Waals surface area contributed by atoms with Crippen LogP contribution in [-0.4, -0.2) is 105 Å². The molecule has 7 rings (SSSR count). The van der Waals surface area contributed by atoms with Gasteiger partial charge >= 0.3 is 6.01 Å². The summed E-state index contributed by atoms with van der Waals surface area (Å²) < 4.78 is 58.4. The van der Waals surface area contributed by atoms with Gasteiger partial charge < -0.3 is 14.5 Å². The Morgan fingerprint density at radius 1 is 1.06 bits per heavy atom. The number of rotatable bonds is 11. The summed E-state index contributed by atoms with van der Waals surface area (Å²) in [5.41, 5.74) is 2.91. The SMILES string of the molecule is CN(CCS(=O)(=O)/C=C/CN1CC(F)(F)C1)c1nc(OCC23CCCN2CCC3)nc2c1CCN(c1cccc3cccc(Cl)c13)C2. The summed E-state index contributed by atoms with van der Waals surface area (Å²) in [5.74, 6) is -2.14. The number of halogens is 3. The molecular weight excluding hydrogens is 646 g/mol. The number of alkyl halides is 2. The van der Waals surface area contributed by atoms with E-state index in [0.717, 1.165) is 65.6 Å². The molecule has 3 saturated heterocycles. The first-order valence-electron chi connectivity index (χ1n) is 16.4. The van der Waals surface area contributed by atoms with Crippen molar-refractivity contribution >= 4 is 43.7 Å². The van der Waals surface area contributed by atoms with Crippen molar-refractivity contribution in [3.8, 4) is 6.01 Å². The molecule has 2 aromatic carbocycles. The fourth-order valence-electron chi connectivity index (χ4n) is 7.69. The van der Waals surface area contributed by atoms with Crippen molar-refractivity contribution in [1.82, 2.24) is 19.8 Å². The van der Waals surface area contributed by atoms with Crippen LogP contribution in [0.5, 0.6) is 6.01 Å². The predicted octanol–water partition coefficient (Wildman–Crippen LogP) is 5.17. The summed E-state index contributed by atoms with van der Waals surface area (Å²) in [6.07, 6.45) is 6.65. The molecule has 13 heteroatoms. The molecule has 0 amide bonds. The molecule has 3 aromatic rings. The van der Waals surface area contributed by atoms with Crippen LogP contribution < -0.4 is 14.5 Å². The molecule has 0 N–H and O–H groups in total. The number of aromatic nitrogens is 2. The molecule has 0 unspecified atom stereocenters. The van der Waals surface area contributed by atoms with Crippen molar-refractivity contribution in [2.75, 3.05) is 75.0 Å². The minimum atomic E-state index is -3.56. The molecule has 3 fully saturated rings. The van der Waals surface area contributed by atoms with E-state index < -0.39 is 15.8 Å². The second-order valence-corrected chi connectivity index (χ2v) is 15.8. The summed E-state index contributed by atoms with van der Waals surface area (Å²) in [5, 5.41) is 3.92. The second kappa shape index (κ2) is 12.8. The molecule has 0 atom stereocenters. The number of anilines is 2. The summed E-state index contributed by atoms with van der Waals surface area (Å²) in [6, 6.07) is 12.4. The topological polar surface area (TPSA) is 82.1 Å². The molecule has 4 aliphatic rings. The van der Waals surface area contributed by atoms with Crippen LogP contribution in [0.4, 0.5) is 20.3 Å². The molecule has 9 nitrogen and oxygen atoms in total. The van der Waals surface area contributed by atoms with Crippen molar-refractivity contribution in [1.29, 1.82) is 0 Å². The fraction of sp³-hybridized carbons (Fsp3) is 0.529. The summed E-state index contributed by atoms with van der Waals surface area (Å²) in [7, 11) is -1.72. The van der Waals surface area contributed by atoms with E-state index in [1.165, 1.54) is 23.8 Å². The number of hydrogen-bond donors (Lipinski definition) is 0. The quantitative estimate of drug-likeness (QED) is 0.272. The zero-order valence-corrected chi connectivity index (χ0v) is 28.2. The van der Waals surface area contributed by atoms with Gasteiger partial charge in [-0.2, -0.15) is 9.97 Å². The Morgan fingerprint density at radius 3 is 2.55 bits per heavy atom. The van der Waals surface area contributed by atoms with Gasteiger partial charge in [0.25, 0.3) is 5.92 Å². The third-order valence-corrected chi connectivity index (χ3v) is 11.8. The summed E-state index contributed by atoms with van der Waals surface area (Å²) in [6.45, 7) is 3.68. The van der Waals surface area contributed by atoms with E-state index in [2.05, 4.69) is 28.0 Å². The number of hydrogen-bond acceptors (Lipinski definition) is 9. The lowest BCUT2D eigenvalue weighted by Gasteiger charge is -2.37. The largest absolute Gasteiger partial charge is 0.461 e. The first-order valence-corrected chi connectivity index (χ1v) is 18.5. The van der Waals surface area contributed by atoms with E-state index >= 15 is 0 Å². The predicted molar refractivity (Wildman–Crippen MR) is 182 cm³/mol. The van der Waals surface area contributed by atoms with Gasteiger partial charge in [0.1, 0.15) is 12.4 Å². The van der Waals surface area contributed by atoms with Gasteiger partial charge in [-0.15, -0.1) is 0 Å². The Bertz CT molecular complexity index is 1770. The normalized spacial score (nSPS) is 20.8. The van der Waals surface area contributed by atoms with E-state index in [0.29, 0.717) is 36.4 Å². The highest BCUT2D eigenvalue weighted by atomic mass is 35.5. The molecule has 1 aromatic heterocycles. The molecule has 4 aliphatic heterocycles. The van der Waals surface area contributed by atoms with E-state index in [-0.39, 0.29) is 37.5 Å². The summed E-state index contributed by atoms with van der Waals surface area (Å²) >= 11 is 6.69. The Labute approximate surface area is 280 Å². The molecule has 0 radical (unpaired) electrons. The molecule has 0 aliphatic carbocycles. The Morgan fingerprint density at radius 2 is 1.81 bits per heavy atom. The van der Waals surface area contributed by atoms with Crippen molar-refractivity contribution in [2.24, 2.45) is 0 Å². The van der Waals surface area contributed by atoms with Gasteiger partial charge in [0, 0.05) is 48.7 Å². The van der Waals surface area contributed by atoms with Gasteiger partial charge in [0.15, 0.2) is 9.84 Å². The summed E-state index contributed by atoms with van der Waals surface area (Å²) in [4.78, 5) is 18.0. The molecule has 0 spiro atoms. The molecule has 0 saturated carbocycles. The zero-order valence-electron chi connectivity index (χ0n) is 26.7. The maximum absolute atomic E-state index is 13.1. The number of ether oxygens (including phenoxy) is 1. The molecular formula is C34H41ClF2N6O3S. The van der Waals surface area contributed by atoms with Crippen LogP contribution in [0.15, 0.2) is 47.9 Å². The van der Waals surface area contributed by atoms with Gasteiger partial charge in [-0.25, -0.2) is 17.2 Å². The van der Waals surface area contributed by atoms with E-state index in [1.54, 1.807) is 0 Å². The Hall–Kier alpha value is -3.06. The Kier molecular flexibility index (Phi) is 8.82. The van der Waals surface area contributed by atoms with E-state index in [1.807, 2.05) is 30.1 Å². The zero-order chi connectivity index (χ0) is 32.8. The number of likely N-dealkylation sites (tertiary alicyclic amines) is 1. The van der Waals surface area contributed by atoms with Gasteiger partial charge in [0.2, 0.25) is 0 Å². The van der Waals surface area contributed by atoms with E-state index in [4.69, 9.17) is 26.3 Å². The minimum Gasteiger partial charge on any atom is -0.461 e. The Balaban J connectivity index is 1.12. The number of sulfone groups is 1. The van der Waals surface area contributed by atoms with Crippen molar-refractivity contribution in [3.63, 3.8) is 0 Å².